The van der Waals surface area contributed by atoms with Crippen molar-refractivity contribution < 1.29 is 14.7 Å². The first-order valence-corrected chi connectivity index (χ1v) is 7.79. The van der Waals surface area contributed by atoms with Crippen LogP contribution in [-0.2, 0) is 17.9 Å². The van der Waals surface area contributed by atoms with E-state index in [1.165, 1.54) is 30.5 Å². The molecular formula is C19H18N4O3. The summed E-state index contributed by atoms with van der Waals surface area (Å²) in [4.78, 5) is 22.9. The number of carbonyl (C=O) groups is 2. The molecule has 0 atom stereocenters. The zero-order valence-electron chi connectivity index (χ0n) is 13.9. The summed E-state index contributed by atoms with van der Waals surface area (Å²) < 4.78 is 0. The number of anilines is 1. The number of hydrogen-bond acceptors (Lipinski definition) is 5. The van der Waals surface area contributed by atoms with Gasteiger partial charge in [-0.1, -0.05) is 24.3 Å². The first-order valence-electron chi connectivity index (χ1n) is 7.79. The smallest absolute Gasteiger partial charge is 0.335 e. The Labute approximate surface area is 150 Å². The van der Waals surface area contributed by atoms with Gasteiger partial charge >= 0.3 is 5.97 Å². The second kappa shape index (κ2) is 9.01. The number of nitrogens with two attached hydrogens (primary N) is 1. The van der Waals surface area contributed by atoms with E-state index in [1.807, 2.05) is 30.3 Å². The molecule has 5 N–H and O–H groups in total. The van der Waals surface area contributed by atoms with E-state index >= 15 is 0 Å². The lowest BCUT2D eigenvalue weighted by molar-refractivity contribution is -0.112. The van der Waals surface area contributed by atoms with Crippen LogP contribution >= 0.6 is 0 Å². The van der Waals surface area contributed by atoms with Crippen molar-refractivity contribution in [1.29, 1.82) is 5.26 Å². The fourth-order valence-electron chi connectivity index (χ4n) is 2.18. The molecule has 1 amide bonds. The number of amides is 1. The van der Waals surface area contributed by atoms with Gasteiger partial charge in [0.05, 0.1) is 5.56 Å². The lowest BCUT2D eigenvalue weighted by atomic mass is 10.1. The fraction of sp³-hybridized carbons (Fsp3) is 0.105. The second-order valence-corrected chi connectivity index (χ2v) is 5.41. The van der Waals surface area contributed by atoms with Crippen LogP contribution < -0.4 is 16.4 Å². The van der Waals surface area contributed by atoms with Crippen LogP contribution in [0.25, 0.3) is 0 Å². The third-order valence-electron chi connectivity index (χ3n) is 3.53. The maximum Gasteiger partial charge on any atom is 0.335 e. The highest BCUT2D eigenvalue weighted by molar-refractivity contribution is 6.06. The first kappa shape index (κ1) is 18.7. The van der Waals surface area contributed by atoms with Crippen LogP contribution in [0.15, 0.2) is 60.3 Å². The number of nitriles is 1. The number of carbonyl (C=O) groups excluding carboxylic acids is 1. The number of nitrogens with zero attached hydrogens (tertiary/aromatic N) is 1. The fourth-order valence-corrected chi connectivity index (χ4v) is 2.18. The maximum atomic E-state index is 12.1. The summed E-state index contributed by atoms with van der Waals surface area (Å²) in [5.41, 5.74) is 7.99. The predicted octanol–water partition coefficient (Wildman–Crippen LogP) is 1.98. The highest BCUT2D eigenvalue weighted by Crippen LogP contribution is 2.11. The van der Waals surface area contributed by atoms with Gasteiger partial charge in [0.2, 0.25) is 0 Å². The molecule has 0 aliphatic heterocycles. The minimum atomic E-state index is -1.05. The standard InChI is InChI=1S/C19H18N4O3/c20-9-13-2-1-3-14(8-13)11-22-12-16(10-21)18(24)23-17-6-4-15(5-7-17)19(25)26/h1-8,12,22H,9,11,20H2,(H,23,24)(H,25,26)/b16-12-. The molecule has 0 radical (unpaired) electrons. The third kappa shape index (κ3) is 5.19. The number of hydrogen-bond donors (Lipinski definition) is 4. The SMILES string of the molecule is N#C/C(=C/NCc1cccc(CN)c1)C(=O)Nc1ccc(C(=O)O)cc1. The van der Waals surface area contributed by atoms with E-state index in [2.05, 4.69) is 10.6 Å². The predicted molar refractivity (Wildman–Crippen MR) is 96.9 cm³/mol. The third-order valence-corrected chi connectivity index (χ3v) is 3.53. The molecule has 7 nitrogen and oxygen atoms in total. The number of carboxylic acids is 1. The molecule has 2 rings (SSSR count). The summed E-state index contributed by atoms with van der Waals surface area (Å²) >= 11 is 0. The van der Waals surface area contributed by atoms with E-state index in [0.29, 0.717) is 18.8 Å². The Hall–Kier alpha value is -3.63. The summed E-state index contributed by atoms with van der Waals surface area (Å²) in [6.07, 6.45) is 1.34. The number of carboxylic acid groups (broad SMARTS) is 1. The summed E-state index contributed by atoms with van der Waals surface area (Å²) in [6, 6.07) is 15.2. The van der Waals surface area contributed by atoms with Gasteiger partial charge in [0.1, 0.15) is 11.6 Å². The van der Waals surface area contributed by atoms with Crippen molar-refractivity contribution in [3.05, 3.63) is 77.0 Å². The molecule has 0 unspecified atom stereocenters. The molecule has 0 spiro atoms. The van der Waals surface area contributed by atoms with Crippen LogP contribution in [-0.4, -0.2) is 17.0 Å². The molecule has 26 heavy (non-hydrogen) atoms. The Kier molecular flexibility index (Phi) is 6.48. The van der Waals surface area contributed by atoms with Crippen molar-refractivity contribution in [2.75, 3.05) is 5.32 Å². The summed E-state index contributed by atoms with van der Waals surface area (Å²) in [5.74, 6) is -1.64. The lowest BCUT2D eigenvalue weighted by Gasteiger charge is -2.06. The summed E-state index contributed by atoms with van der Waals surface area (Å²) in [5, 5.41) is 23.5. The summed E-state index contributed by atoms with van der Waals surface area (Å²) in [6.45, 7) is 0.885. The Bertz CT molecular complexity index is 867. The van der Waals surface area contributed by atoms with Gasteiger partial charge in [0.15, 0.2) is 0 Å². The molecular weight excluding hydrogens is 332 g/mol. The number of aromatic carboxylic acids is 1. The Morgan fingerprint density at radius 1 is 1.15 bits per heavy atom. The maximum absolute atomic E-state index is 12.1. The first-order chi connectivity index (χ1) is 12.5. The van der Waals surface area contributed by atoms with Crippen LogP contribution in [0.4, 0.5) is 5.69 Å². The van der Waals surface area contributed by atoms with Crippen molar-refractivity contribution in [3.8, 4) is 6.07 Å². The van der Waals surface area contributed by atoms with Gasteiger partial charge in [-0.05, 0) is 35.4 Å². The highest BCUT2D eigenvalue weighted by atomic mass is 16.4. The van der Waals surface area contributed by atoms with Gasteiger partial charge in [-0.2, -0.15) is 5.26 Å². The van der Waals surface area contributed by atoms with Crippen molar-refractivity contribution in [2.45, 2.75) is 13.1 Å². The average Bonchev–Trinajstić information content (AvgIpc) is 2.65. The summed E-state index contributed by atoms with van der Waals surface area (Å²) in [7, 11) is 0. The average molecular weight is 350 g/mol. The van der Waals surface area contributed by atoms with Crippen molar-refractivity contribution in [1.82, 2.24) is 5.32 Å². The van der Waals surface area contributed by atoms with E-state index in [9.17, 15) is 9.59 Å². The van der Waals surface area contributed by atoms with Crippen LogP contribution in [0.5, 0.6) is 0 Å². The number of nitrogens with one attached hydrogen (secondary N) is 2. The number of rotatable bonds is 7. The Balaban J connectivity index is 1.97. The molecule has 0 saturated heterocycles. The normalized spacial score (nSPS) is 10.7. The van der Waals surface area contributed by atoms with E-state index in [1.54, 1.807) is 0 Å². The molecule has 2 aromatic rings. The van der Waals surface area contributed by atoms with Gasteiger partial charge in [-0.15, -0.1) is 0 Å². The van der Waals surface area contributed by atoms with Gasteiger partial charge in [0, 0.05) is 25.0 Å². The van der Waals surface area contributed by atoms with Crippen molar-refractivity contribution in [2.24, 2.45) is 5.73 Å². The quantitative estimate of drug-likeness (QED) is 0.446. The van der Waals surface area contributed by atoms with E-state index < -0.39 is 11.9 Å². The van der Waals surface area contributed by atoms with Crippen LogP contribution in [0.1, 0.15) is 21.5 Å². The van der Waals surface area contributed by atoms with Crippen LogP contribution in [0.3, 0.4) is 0 Å². The largest absolute Gasteiger partial charge is 0.478 e. The van der Waals surface area contributed by atoms with Crippen molar-refractivity contribution >= 4 is 17.6 Å². The topological polar surface area (TPSA) is 128 Å². The molecule has 0 fully saturated rings. The second-order valence-electron chi connectivity index (χ2n) is 5.41. The van der Waals surface area contributed by atoms with Gasteiger partial charge in [0.25, 0.3) is 5.91 Å². The molecule has 132 valence electrons. The molecule has 0 saturated carbocycles. The van der Waals surface area contributed by atoms with Crippen molar-refractivity contribution in [3.63, 3.8) is 0 Å². The van der Waals surface area contributed by atoms with Crippen LogP contribution in [0, 0.1) is 11.3 Å². The van der Waals surface area contributed by atoms with E-state index in [0.717, 1.165) is 11.1 Å². The molecule has 0 aliphatic carbocycles. The highest BCUT2D eigenvalue weighted by Gasteiger charge is 2.10. The van der Waals surface area contributed by atoms with Gasteiger partial charge in [-0.25, -0.2) is 4.79 Å². The minimum Gasteiger partial charge on any atom is -0.478 e. The van der Waals surface area contributed by atoms with Gasteiger partial charge in [-0.3, -0.25) is 4.79 Å². The zero-order valence-corrected chi connectivity index (χ0v) is 13.9. The molecule has 0 heterocycles. The van der Waals surface area contributed by atoms with Crippen LogP contribution in [0.2, 0.25) is 0 Å². The molecule has 0 aliphatic rings. The Morgan fingerprint density at radius 2 is 1.85 bits per heavy atom. The van der Waals surface area contributed by atoms with E-state index in [4.69, 9.17) is 16.1 Å². The minimum absolute atomic E-state index is 0.0951. The monoisotopic (exact) mass is 350 g/mol. The Morgan fingerprint density at radius 3 is 2.46 bits per heavy atom. The molecule has 7 heteroatoms. The van der Waals surface area contributed by atoms with E-state index in [-0.39, 0.29) is 11.1 Å². The zero-order chi connectivity index (χ0) is 18.9. The molecule has 0 bridgehead atoms. The molecule has 0 aromatic heterocycles. The molecule has 2 aromatic carbocycles. The number of benzene rings is 2. The lowest BCUT2D eigenvalue weighted by Crippen LogP contribution is -2.16. The van der Waals surface area contributed by atoms with Gasteiger partial charge < -0.3 is 21.5 Å².